The SMILES string of the molecule is Cc1cnn(CN(C(=O)C(C)Cl)c2ccccc2)c1. The molecule has 0 spiro atoms. The van der Waals surface area contributed by atoms with Crippen molar-refractivity contribution in [2.24, 2.45) is 0 Å². The molecular weight excluding hydrogens is 262 g/mol. The summed E-state index contributed by atoms with van der Waals surface area (Å²) in [5, 5.41) is 3.63. The number of rotatable bonds is 4. The van der Waals surface area contributed by atoms with Gasteiger partial charge in [-0.05, 0) is 31.5 Å². The van der Waals surface area contributed by atoms with Crippen molar-refractivity contribution in [2.45, 2.75) is 25.9 Å². The van der Waals surface area contributed by atoms with Crippen molar-refractivity contribution in [2.75, 3.05) is 4.90 Å². The smallest absolute Gasteiger partial charge is 0.246 e. The molecule has 0 aliphatic carbocycles. The highest BCUT2D eigenvalue weighted by Crippen LogP contribution is 2.17. The minimum absolute atomic E-state index is 0.138. The van der Waals surface area contributed by atoms with Crippen LogP contribution in [0.4, 0.5) is 5.69 Å². The number of halogens is 1. The van der Waals surface area contributed by atoms with E-state index in [4.69, 9.17) is 11.6 Å². The number of benzene rings is 1. The summed E-state index contributed by atoms with van der Waals surface area (Å²) in [6.07, 6.45) is 3.65. The fraction of sp³-hybridized carbons (Fsp3) is 0.286. The van der Waals surface area contributed by atoms with Crippen molar-refractivity contribution >= 4 is 23.2 Å². The van der Waals surface area contributed by atoms with Crippen LogP contribution in [0.3, 0.4) is 0 Å². The van der Waals surface area contributed by atoms with Crippen LogP contribution in [0.15, 0.2) is 42.7 Å². The highest BCUT2D eigenvalue weighted by molar-refractivity contribution is 6.32. The highest BCUT2D eigenvalue weighted by atomic mass is 35.5. The van der Waals surface area contributed by atoms with Gasteiger partial charge in [0.25, 0.3) is 0 Å². The number of hydrogen-bond acceptors (Lipinski definition) is 2. The van der Waals surface area contributed by atoms with Gasteiger partial charge in [-0.2, -0.15) is 5.10 Å². The number of aryl methyl sites for hydroxylation is 1. The molecule has 1 unspecified atom stereocenters. The van der Waals surface area contributed by atoms with Gasteiger partial charge in [0.05, 0.1) is 6.20 Å². The van der Waals surface area contributed by atoms with Crippen LogP contribution in [0.25, 0.3) is 0 Å². The number of anilines is 1. The van der Waals surface area contributed by atoms with Crippen molar-refractivity contribution < 1.29 is 4.79 Å². The molecule has 0 radical (unpaired) electrons. The Labute approximate surface area is 117 Å². The lowest BCUT2D eigenvalue weighted by Crippen LogP contribution is -2.37. The first-order valence-corrected chi connectivity index (χ1v) is 6.51. The summed E-state index contributed by atoms with van der Waals surface area (Å²) in [6.45, 7) is 3.99. The van der Waals surface area contributed by atoms with Crippen LogP contribution < -0.4 is 4.90 Å². The molecule has 19 heavy (non-hydrogen) atoms. The Morgan fingerprint density at radius 1 is 1.42 bits per heavy atom. The third-order valence-electron chi connectivity index (χ3n) is 2.72. The molecular formula is C14H16ClN3O. The van der Waals surface area contributed by atoms with Gasteiger partial charge in [0, 0.05) is 11.9 Å². The maximum atomic E-state index is 12.2. The van der Waals surface area contributed by atoms with E-state index in [-0.39, 0.29) is 5.91 Å². The minimum Gasteiger partial charge on any atom is -0.291 e. The topological polar surface area (TPSA) is 38.1 Å². The van der Waals surface area contributed by atoms with Gasteiger partial charge in [0.2, 0.25) is 5.91 Å². The summed E-state index contributed by atoms with van der Waals surface area (Å²) in [5.41, 5.74) is 1.87. The first-order valence-electron chi connectivity index (χ1n) is 6.07. The molecule has 5 heteroatoms. The predicted molar refractivity (Wildman–Crippen MR) is 76.2 cm³/mol. The Morgan fingerprint density at radius 3 is 2.63 bits per heavy atom. The maximum Gasteiger partial charge on any atom is 0.246 e. The van der Waals surface area contributed by atoms with Crippen molar-refractivity contribution in [3.63, 3.8) is 0 Å². The molecule has 0 fully saturated rings. The Kier molecular flexibility index (Phi) is 4.22. The molecule has 1 atom stereocenters. The first-order chi connectivity index (χ1) is 9.08. The van der Waals surface area contributed by atoms with Gasteiger partial charge < -0.3 is 0 Å². The summed E-state index contributed by atoms with van der Waals surface area (Å²) in [6, 6.07) is 9.46. The molecule has 1 aromatic heterocycles. The van der Waals surface area contributed by atoms with Crippen LogP contribution in [0.1, 0.15) is 12.5 Å². The quantitative estimate of drug-likeness (QED) is 0.806. The maximum absolute atomic E-state index is 12.2. The Morgan fingerprint density at radius 2 is 2.11 bits per heavy atom. The van der Waals surface area contributed by atoms with Gasteiger partial charge in [-0.25, -0.2) is 0 Å². The summed E-state index contributed by atoms with van der Waals surface area (Å²) >= 11 is 5.92. The standard InChI is InChI=1S/C14H16ClN3O/c1-11-8-16-17(9-11)10-18(14(19)12(2)15)13-6-4-3-5-7-13/h3-9,12H,10H2,1-2H3. The number of para-hydroxylation sites is 1. The minimum atomic E-state index is -0.572. The van der Waals surface area contributed by atoms with Crippen LogP contribution in [0.5, 0.6) is 0 Å². The molecule has 1 aromatic carbocycles. The molecule has 0 saturated carbocycles. The second-order valence-electron chi connectivity index (χ2n) is 4.42. The molecule has 2 aromatic rings. The summed E-state index contributed by atoms with van der Waals surface area (Å²) < 4.78 is 1.72. The first kappa shape index (κ1) is 13.6. The molecule has 0 aliphatic heterocycles. The third-order valence-corrected chi connectivity index (χ3v) is 2.91. The summed E-state index contributed by atoms with van der Waals surface area (Å²) in [4.78, 5) is 13.8. The van der Waals surface area contributed by atoms with Gasteiger partial charge in [-0.1, -0.05) is 18.2 Å². The molecule has 1 amide bonds. The molecule has 0 bridgehead atoms. The normalized spacial score (nSPS) is 12.2. The van der Waals surface area contributed by atoms with Gasteiger partial charge in [-0.3, -0.25) is 14.4 Å². The van der Waals surface area contributed by atoms with E-state index in [1.165, 1.54) is 0 Å². The molecule has 0 aliphatic rings. The largest absolute Gasteiger partial charge is 0.291 e. The van der Waals surface area contributed by atoms with E-state index >= 15 is 0 Å². The van der Waals surface area contributed by atoms with Gasteiger partial charge in [0.15, 0.2) is 0 Å². The molecule has 1 heterocycles. The lowest BCUT2D eigenvalue weighted by atomic mass is 10.3. The predicted octanol–water partition coefficient (Wildman–Crippen LogP) is 2.81. The van der Waals surface area contributed by atoms with Gasteiger partial charge in [0.1, 0.15) is 12.0 Å². The number of aromatic nitrogens is 2. The van der Waals surface area contributed by atoms with Crippen LogP contribution in [0, 0.1) is 6.92 Å². The highest BCUT2D eigenvalue weighted by Gasteiger charge is 2.20. The van der Waals surface area contributed by atoms with Crippen LogP contribution in [0.2, 0.25) is 0 Å². The number of carbonyl (C=O) groups excluding carboxylic acids is 1. The van der Waals surface area contributed by atoms with E-state index in [9.17, 15) is 4.79 Å². The molecule has 0 saturated heterocycles. The van der Waals surface area contributed by atoms with Crippen molar-refractivity contribution in [3.05, 3.63) is 48.3 Å². The van der Waals surface area contributed by atoms with Crippen LogP contribution in [-0.4, -0.2) is 21.1 Å². The Hall–Kier alpha value is -1.81. The Balaban J connectivity index is 2.27. The van der Waals surface area contributed by atoms with E-state index in [1.807, 2.05) is 43.5 Å². The molecule has 0 N–H and O–H groups in total. The summed E-state index contributed by atoms with van der Waals surface area (Å²) in [5.74, 6) is -0.138. The number of carbonyl (C=O) groups is 1. The zero-order chi connectivity index (χ0) is 13.8. The number of amides is 1. The Bertz CT molecular complexity index is 551. The van der Waals surface area contributed by atoms with Crippen molar-refractivity contribution in [1.82, 2.24) is 9.78 Å². The van der Waals surface area contributed by atoms with Gasteiger partial charge >= 0.3 is 0 Å². The molecule has 4 nitrogen and oxygen atoms in total. The van der Waals surface area contributed by atoms with Crippen molar-refractivity contribution in [1.29, 1.82) is 0 Å². The van der Waals surface area contributed by atoms with E-state index in [2.05, 4.69) is 5.10 Å². The average molecular weight is 278 g/mol. The van der Waals surface area contributed by atoms with E-state index < -0.39 is 5.38 Å². The summed E-state index contributed by atoms with van der Waals surface area (Å²) in [7, 11) is 0. The monoisotopic (exact) mass is 277 g/mol. The van der Waals surface area contributed by atoms with Crippen LogP contribution >= 0.6 is 11.6 Å². The fourth-order valence-corrected chi connectivity index (χ4v) is 1.91. The van der Waals surface area contributed by atoms with Crippen molar-refractivity contribution in [3.8, 4) is 0 Å². The van der Waals surface area contributed by atoms with E-state index in [0.717, 1.165) is 11.3 Å². The van der Waals surface area contributed by atoms with E-state index in [0.29, 0.717) is 6.67 Å². The lowest BCUT2D eigenvalue weighted by molar-refractivity contribution is -0.118. The fourth-order valence-electron chi connectivity index (χ4n) is 1.79. The van der Waals surface area contributed by atoms with Gasteiger partial charge in [-0.15, -0.1) is 11.6 Å². The third kappa shape index (κ3) is 3.35. The second-order valence-corrected chi connectivity index (χ2v) is 5.07. The zero-order valence-electron chi connectivity index (χ0n) is 11.0. The average Bonchev–Trinajstić information content (AvgIpc) is 2.81. The second kappa shape index (κ2) is 5.89. The number of hydrogen-bond donors (Lipinski definition) is 0. The van der Waals surface area contributed by atoms with E-state index in [1.54, 1.807) is 22.7 Å². The molecule has 100 valence electrons. The molecule has 2 rings (SSSR count). The lowest BCUT2D eigenvalue weighted by Gasteiger charge is -2.23. The number of nitrogens with zero attached hydrogens (tertiary/aromatic N) is 3. The number of alkyl halides is 1. The zero-order valence-corrected chi connectivity index (χ0v) is 11.7. The van der Waals surface area contributed by atoms with Crippen LogP contribution in [-0.2, 0) is 11.5 Å².